The van der Waals surface area contributed by atoms with Crippen molar-refractivity contribution in [2.75, 3.05) is 18.6 Å². The highest BCUT2D eigenvalue weighted by molar-refractivity contribution is 7.98. The predicted octanol–water partition coefficient (Wildman–Crippen LogP) is 1.74. The van der Waals surface area contributed by atoms with E-state index in [0.717, 1.165) is 24.0 Å². The summed E-state index contributed by atoms with van der Waals surface area (Å²) in [6, 6.07) is 4.32. The van der Waals surface area contributed by atoms with Crippen molar-refractivity contribution in [1.82, 2.24) is 20.6 Å². The first-order valence-corrected chi connectivity index (χ1v) is 13.8. The van der Waals surface area contributed by atoms with Crippen molar-refractivity contribution >= 4 is 29.3 Å². The summed E-state index contributed by atoms with van der Waals surface area (Å²) in [6.45, 7) is 4.54. The van der Waals surface area contributed by atoms with E-state index in [2.05, 4.69) is 20.6 Å². The molecule has 0 aliphatic carbocycles. The van der Waals surface area contributed by atoms with Crippen LogP contribution in [-0.2, 0) is 27.2 Å². The Morgan fingerprint density at radius 2 is 2.03 bits per heavy atom. The number of aliphatic carboxylic acids is 1. The molecule has 0 saturated heterocycles. The molecule has 196 valence electrons. The van der Waals surface area contributed by atoms with E-state index in [1.54, 1.807) is 6.20 Å². The molecule has 0 saturated carbocycles. The Labute approximate surface area is 216 Å². The number of benzene rings is 1. The predicted molar refractivity (Wildman–Crippen MR) is 141 cm³/mol. The highest BCUT2D eigenvalue weighted by Crippen LogP contribution is 2.28. The van der Waals surface area contributed by atoms with Crippen molar-refractivity contribution in [1.29, 1.82) is 0 Å². The number of nitrogens with zero attached hydrogens (tertiary/aromatic N) is 1. The number of hydrogen-bond acceptors (Lipinski definition) is 8. The minimum Gasteiger partial charge on any atom is -0.480 e. The van der Waals surface area contributed by atoms with Gasteiger partial charge in [-0.1, -0.05) is 44.5 Å². The lowest BCUT2D eigenvalue weighted by molar-refractivity contribution is -0.144. The number of imidazole rings is 1. The van der Waals surface area contributed by atoms with Gasteiger partial charge in [0.1, 0.15) is 6.04 Å². The average molecular weight is 516 g/mol. The number of nitrogens with one attached hydrogen (secondary N) is 3. The molecular formula is C26H37N5O4S. The number of carbonyl (C=O) groups excluding carboxylic acids is 2. The van der Waals surface area contributed by atoms with Gasteiger partial charge in [0.25, 0.3) is 0 Å². The first kappa shape index (κ1) is 28.0. The number of hydrogen-bond donors (Lipinski definition) is 5. The topological polar surface area (TPSA) is 150 Å². The third-order valence-corrected chi connectivity index (χ3v) is 7.78. The van der Waals surface area contributed by atoms with Crippen LogP contribution in [0.25, 0.3) is 0 Å². The van der Waals surface area contributed by atoms with Gasteiger partial charge in [0, 0.05) is 36.7 Å². The maximum atomic E-state index is 13.9. The molecule has 1 aromatic carbocycles. The molecule has 1 aliphatic heterocycles. The van der Waals surface area contributed by atoms with Gasteiger partial charge >= 0.3 is 5.97 Å². The van der Waals surface area contributed by atoms with Crippen molar-refractivity contribution in [3.8, 4) is 0 Å². The zero-order valence-electron chi connectivity index (χ0n) is 21.1. The molecule has 1 aliphatic rings. The Morgan fingerprint density at radius 3 is 2.67 bits per heavy atom. The van der Waals surface area contributed by atoms with E-state index in [0.29, 0.717) is 18.0 Å². The van der Waals surface area contributed by atoms with Crippen molar-refractivity contribution in [3.05, 3.63) is 53.6 Å². The number of ketones is 2. The minimum atomic E-state index is -1.27. The summed E-state index contributed by atoms with van der Waals surface area (Å²) in [4.78, 5) is 46.7. The van der Waals surface area contributed by atoms with Gasteiger partial charge < -0.3 is 21.1 Å². The molecule has 0 amide bonds. The first-order chi connectivity index (χ1) is 17.3. The minimum absolute atomic E-state index is 0.0346. The smallest absolute Gasteiger partial charge is 0.321 e. The lowest BCUT2D eigenvalue weighted by atomic mass is 9.83. The maximum absolute atomic E-state index is 13.9. The Hall–Kier alpha value is -2.53. The molecule has 36 heavy (non-hydrogen) atoms. The zero-order valence-corrected chi connectivity index (χ0v) is 21.9. The van der Waals surface area contributed by atoms with E-state index in [9.17, 15) is 19.5 Å². The second-order valence-electron chi connectivity index (χ2n) is 9.44. The van der Waals surface area contributed by atoms with Crippen LogP contribution in [0.3, 0.4) is 0 Å². The fourth-order valence-corrected chi connectivity index (χ4v) is 5.46. The standard InChI is InChI=1S/C26H37N5O4S/c1-4-15(2)21(27)24(20(32)11-17-12-28-14-30-17)31-23(26(34)35)19(13-36-3)25(33)22-18-8-6-5-7-16(18)9-10-29-22/h5-8,12,14-15,19,21-24,29,31H,4,9-11,13,27H2,1-3H3,(H,28,30)(H,34,35)/t15-,19-,21-,22?,23-,24?/m0/s1. The first-order valence-electron chi connectivity index (χ1n) is 12.4. The number of nitrogens with two attached hydrogens (primary N) is 1. The molecule has 1 aromatic heterocycles. The van der Waals surface area contributed by atoms with Crippen LogP contribution in [0.2, 0.25) is 0 Å². The number of rotatable bonds is 14. The van der Waals surface area contributed by atoms with Crippen LogP contribution in [0.4, 0.5) is 0 Å². The molecule has 2 aromatic rings. The number of thioether (sulfide) groups is 1. The summed E-state index contributed by atoms with van der Waals surface area (Å²) >= 11 is 1.41. The second kappa shape index (κ2) is 13.1. The van der Waals surface area contributed by atoms with E-state index in [4.69, 9.17) is 5.73 Å². The normalized spacial score (nSPS) is 19.5. The van der Waals surface area contributed by atoms with Crippen LogP contribution < -0.4 is 16.4 Å². The Kier molecular flexibility index (Phi) is 10.2. The molecule has 0 bridgehead atoms. The van der Waals surface area contributed by atoms with Crippen molar-refractivity contribution < 1.29 is 19.5 Å². The fourth-order valence-electron chi connectivity index (χ4n) is 4.75. The van der Waals surface area contributed by atoms with Crippen LogP contribution in [0, 0.1) is 11.8 Å². The van der Waals surface area contributed by atoms with Gasteiger partial charge in [0.05, 0.1) is 24.3 Å². The third kappa shape index (κ3) is 6.61. The largest absolute Gasteiger partial charge is 0.480 e. The highest BCUT2D eigenvalue weighted by Gasteiger charge is 2.42. The molecule has 0 spiro atoms. The van der Waals surface area contributed by atoms with E-state index in [1.165, 1.54) is 18.1 Å². The summed E-state index contributed by atoms with van der Waals surface area (Å²) in [6.07, 6.45) is 6.46. The molecule has 3 rings (SSSR count). The van der Waals surface area contributed by atoms with Crippen molar-refractivity contribution in [2.24, 2.45) is 17.6 Å². The lowest BCUT2D eigenvalue weighted by Crippen LogP contribution is -2.61. The van der Waals surface area contributed by atoms with Gasteiger partial charge in [0.2, 0.25) is 0 Å². The van der Waals surface area contributed by atoms with E-state index < -0.39 is 36.1 Å². The van der Waals surface area contributed by atoms with Gasteiger partial charge in [0.15, 0.2) is 11.6 Å². The molecule has 2 unspecified atom stereocenters. The molecule has 2 heterocycles. The molecular weight excluding hydrogens is 478 g/mol. The second-order valence-corrected chi connectivity index (χ2v) is 10.4. The third-order valence-electron chi connectivity index (χ3n) is 7.08. The van der Waals surface area contributed by atoms with Gasteiger partial charge in [-0.2, -0.15) is 11.8 Å². The number of carboxylic acids is 1. The summed E-state index contributed by atoms with van der Waals surface area (Å²) in [5, 5.41) is 16.6. The van der Waals surface area contributed by atoms with E-state index in [-0.39, 0.29) is 23.9 Å². The van der Waals surface area contributed by atoms with Gasteiger partial charge in [-0.25, -0.2) is 4.98 Å². The molecule has 6 atom stereocenters. The van der Waals surface area contributed by atoms with Gasteiger partial charge in [-0.3, -0.25) is 19.7 Å². The van der Waals surface area contributed by atoms with Gasteiger partial charge in [-0.05, 0) is 29.7 Å². The summed E-state index contributed by atoms with van der Waals surface area (Å²) in [5.41, 5.74) is 9.09. The van der Waals surface area contributed by atoms with Crippen LogP contribution in [0.15, 0.2) is 36.8 Å². The number of fused-ring (bicyclic) bond motifs is 1. The van der Waals surface area contributed by atoms with Crippen molar-refractivity contribution in [2.45, 2.75) is 57.3 Å². The van der Waals surface area contributed by atoms with Gasteiger partial charge in [-0.15, -0.1) is 0 Å². The Balaban J connectivity index is 1.91. The molecule has 10 heteroatoms. The van der Waals surface area contributed by atoms with Crippen LogP contribution >= 0.6 is 11.8 Å². The van der Waals surface area contributed by atoms with Crippen LogP contribution in [0.5, 0.6) is 0 Å². The van der Waals surface area contributed by atoms with Crippen LogP contribution in [0.1, 0.15) is 43.1 Å². The summed E-state index contributed by atoms with van der Waals surface area (Å²) in [5.74, 6) is -2.23. The fraction of sp³-hybridized carbons (Fsp3) is 0.538. The van der Waals surface area contributed by atoms with E-state index in [1.807, 2.05) is 44.4 Å². The lowest BCUT2D eigenvalue weighted by Gasteiger charge is -2.35. The number of aromatic amines is 1. The summed E-state index contributed by atoms with van der Waals surface area (Å²) < 4.78 is 0. The zero-order chi connectivity index (χ0) is 26.2. The Bertz CT molecular complexity index is 1030. The van der Waals surface area contributed by atoms with E-state index >= 15 is 0 Å². The monoisotopic (exact) mass is 515 g/mol. The van der Waals surface area contributed by atoms with Crippen molar-refractivity contribution in [3.63, 3.8) is 0 Å². The molecule has 9 nitrogen and oxygen atoms in total. The SMILES string of the molecule is CC[C@H](C)[C@H](N)C(N[C@H](C(=O)O)[C@H](CSC)C(=O)C1NCCc2ccccc21)C(=O)Cc1cnc[nH]1. The van der Waals surface area contributed by atoms with Crippen LogP contribution in [-0.4, -0.2) is 69.3 Å². The maximum Gasteiger partial charge on any atom is 0.321 e. The number of aromatic nitrogens is 2. The number of carbonyl (C=O) groups is 3. The number of Topliss-reactive ketones (excluding diaryl/α,β-unsaturated/α-hetero) is 2. The average Bonchev–Trinajstić information content (AvgIpc) is 3.39. The molecule has 6 N–H and O–H groups in total. The highest BCUT2D eigenvalue weighted by atomic mass is 32.2. The number of carboxylic acid groups (broad SMARTS) is 1. The quantitative estimate of drug-likeness (QED) is 0.253. The Morgan fingerprint density at radius 1 is 1.28 bits per heavy atom. The molecule has 0 radical (unpaired) electrons. The molecule has 0 fully saturated rings. The summed E-state index contributed by atoms with van der Waals surface area (Å²) in [7, 11) is 0. The number of H-pyrrole nitrogens is 1.